The topological polar surface area (TPSA) is 47.0 Å². The fourth-order valence-corrected chi connectivity index (χ4v) is 1.21. The summed E-state index contributed by atoms with van der Waals surface area (Å²) in [6.45, 7) is 8.88. The third-order valence-electron chi connectivity index (χ3n) is 2.11. The van der Waals surface area contributed by atoms with Gasteiger partial charge in [-0.1, -0.05) is 13.8 Å². The minimum atomic E-state index is 0.0333. The van der Waals surface area contributed by atoms with Crippen molar-refractivity contribution in [3.8, 4) is 5.88 Å². The third-order valence-corrected chi connectivity index (χ3v) is 2.83. The maximum absolute atomic E-state index is 5.86. The summed E-state index contributed by atoms with van der Waals surface area (Å²) in [5.74, 6) is 1.94. The van der Waals surface area contributed by atoms with E-state index in [-0.39, 0.29) is 11.5 Å². The summed E-state index contributed by atoms with van der Waals surface area (Å²) in [7, 11) is 0. The van der Waals surface area contributed by atoms with Gasteiger partial charge in [0.25, 0.3) is 0 Å². The number of halogens is 1. The number of hydrogen-bond acceptors (Lipinski definition) is 4. The first-order valence-electron chi connectivity index (χ1n) is 5.71. The van der Waals surface area contributed by atoms with Gasteiger partial charge in [0.15, 0.2) is 0 Å². The van der Waals surface area contributed by atoms with Crippen molar-refractivity contribution >= 4 is 17.4 Å². The number of nitrogens with one attached hydrogen (secondary N) is 1. The van der Waals surface area contributed by atoms with E-state index in [0.29, 0.717) is 11.8 Å². The molecule has 0 radical (unpaired) electrons. The smallest absolute Gasteiger partial charge is 0.218 e. The Bertz CT molecular complexity index is 355. The van der Waals surface area contributed by atoms with Crippen molar-refractivity contribution in [2.24, 2.45) is 5.41 Å². The Morgan fingerprint density at radius 2 is 2.12 bits per heavy atom. The molecule has 0 saturated heterocycles. The van der Waals surface area contributed by atoms with E-state index in [4.69, 9.17) is 16.3 Å². The van der Waals surface area contributed by atoms with Crippen LogP contribution in [0.3, 0.4) is 0 Å². The van der Waals surface area contributed by atoms with Gasteiger partial charge < -0.3 is 10.1 Å². The van der Waals surface area contributed by atoms with Gasteiger partial charge in [0, 0.05) is 18.5 Å². The SMILES string of the molecule is CC(C)Oc1cc(NCC(C)(C)CCl)ncn1. The first-order chi connectivity index (χ1) is 7.93. The molecule has 0 aliphatic carbocycles. The number of aromatic nitrogens is 2. The summed E-state index contributed by atoms with van der Waals surface area (Å²) in [6.07, 6.45) is 1.60. The van der Waals surface area contributed by atoms with Crippen LogP contribution < -0.4 is 10.1 Å². The fourth-order valence-electron chi connectivity index (χ4n) is 1.12. The van der Waals surface area contributed by atoms with Crippen LogP contribution in [-0.2, 0) is 0 Å². The highest BCUT2D eigenvalue weighted by molar-refractivity contribution is 6.18. The van der Waals surface area contributed by atoms with E-state index >= 15 is 0 Å². The predicted octanol–water partition coefficient (Wildman–Crippen LogP) is 2.94. The molecular formula is C12H20ClN3O. The first-order valence-corrected chi connectivity index (χ1v) is 6.25. The second-order valence-corrected chi connectivity index (χ2v) is 5.33. The summed E-state index contributed by atoms with van der Waals surface area (Å²) in [5.41, 5.74) is 0.0333. The molecule has 96 valence electrons. The molecule has 1 N–H and O–H groups in total. The molecule has 0 fully saturated rings. The van der Waals surface area contributed by atoms with Crippen LogP contribution >= 0.6 is 11.6 Å². The van der Waals surface area contributed by atoms with Gasteiger partial charge in [-0.15, -0.1) is 11.6 Å². The van der Waals surface area contributed by atoms with Crippen molar-refractivity contribution in [2.75, 3.05) is 17.7 Å². The molecule has 4 nitrogen and oxygen atoms in total. The largest absolute Gasteiger partial charge is 0.475 e. The van der Waals surface area contributed by atoms with Gasteiger partial charge in [-0.3, -0.25) is 0 Å². The highest BCUT2D eigenvalue weighted by Crippen LogP contribution is 2.19. The van der Waals surface area contributed by atoms with Crippen LogP contribution in [-0.4, -0.2) is 28.5 Å². The lowest BCUT2D eigenvalue weighted by molar-refractivity contribution is 0.232. The van der Waals surface area contributed by atoms with E-state index in [0.717, 1.165) is 12.4 Å². The monoisotopic (exact) mass is 257 g/mol. The Labute approximate surface area is 108 Å². The Balaban J connectivity index is 2.60. The lowest BCUT2D eigenvalue weighted by Crippen LogP contribution is -2.25. The van der Waals surface area contributed by atoms with E-state index in [1.54, 1.807) is 6.07 Å². The second kappa shape index (κ2) is 6.05. The summed E-state index contributed by atoms with van der Waals surface area (Å²) in [4.78, 5) is 8.18. The van der Waals surface area contributed by atoms with E-state index in [1.807, 2.05) is 13.8 Å². The number of alkyl halides is 1. The van der Waals surface area contributed by atoms with Gasteiger partial charge in [0.1, 0.15) is 12.1 Å². The van der Waals surface area contributed by atoms with Gasteiger partial charge in [-0.2, -0.15) is 0 Å². The third kappa shape index (κ3) is 5.22. The van der Waals surface area contributed by atoms with Crippen LogP contribution in [0.15, 0.2) is 12.4 Å². The highest BCUT2D eigenvalue weighted by Gasteiger charge is 2.16. The van der Waals surface area contributed by atoms with Crippen molar-refractivity contribution in [3.05, 3.63) is 12.4 Å². The quantitative estimate of drug-likeness (QED) is 0.796. The Morgan fingerprint density at radius 3 is 2.71 bits per heavy atom. The van der Waals surface area contributed by atoms with Crippen LogP contribution in [0.5, 0.6) is 5.88 Å². The number of nitrogens with zero attached hydrogens (tertiary/aromatic N) is 2. The molecule has 17 heavy (non-hydrogen) atoms. The number of ether oxygens (including phenoxy) is 1. The van der Waals surface area contributed by atoms with Crippen LogP contribution in [0.4, 0.5) is 5.82 Å². The van der Waals surface area contributed by atoms with Crippen LogP contribution in [0.1, 0.15) is 27.7 Å². The van der Waals surface area contributed by atoms with Crippen LogP contribution in [0.25, 0.3) is 0 Å². The van der Waals surface area contributed by atoms with E-state index in [9.17, 15) is 0 Å². The van der Waals surface area contributed by atoms with Crippen LogP contribution in [0.2, 0.25) is 0 Å². The Morgan fingerprint density at radius 1 is 1.41 bits per heavy atom. The second-order valence-electron chi connectivity index (χ2n) is 5.06. The zero-order valence-corrected chi connectivity index (χ0v) is 11.6. The summed E-state index contributed by atoms with van der Waals surface area (Å²) in [5, 5.41) is 3.23. The summed E-state index contributed by atoms with van der Waals surface area (Å²) < 4.78 is 5.50. The zero-order valence-electron chi connectivity index (χ0n) is 10.8. The predicted molar refractivity (Wildman–Crippen MR) is 70.8 cm³/mol. The van der Waals surface area contributed by atoms with E-state index < -0.39 is 0 Å². The van der Waals surface area contributed by atoms with Crippen molar-refractivity contribution in [1.29, 1.82) is 0 Å². The molecule has 0 aliphatic heterocycles. The van der Waals surface area contributed by atoms with Gasteiger partial charge >= 0.3 is 0 Å². The molecule has 1 aromatic heterocycles. The molecule has 5 heteroatoms. The zero-order chi connectivity index (χ0) is 12.9. The lowest BCUT2D eigenvalue weighted by atomic mass is 9.97. The van der Waals surface area contributed by atoms with Crippen molar-refractivity contribution in [1.82, 2.24) is 9.97 Å². The minimum Gasteiger partial charge on any atom is -0.475 e. The standard InChI is InChI=1S/C12H20ClN3O/c1-9(2)17-11-5-10(15-8-16-11)14-7-12(3,4)6-13/h5,8-9H,6-7H2,1-4H3,(H,14,15,16). The molecule has 0 atom stereocenters. The first kappa shape index (κ1) is 14.0. The summed E-state index contributed by atoms with van der Waals surface area (Å²) >= 11 is 5.86. The van der Waals surface area contributed by atoms with Crippen molar-refractivity contribution < 1.29 is 4.74 Å². The lowest BCUT2D eigenvalue weighted by Gasteiger charge is -2.22. The van der Waals surface area contributed by atoms with E-state index in [1.165, 1.54) is 6.33 Å². The molecular weight excluding hydrogens is 238 g/mol. The maximum atomic E-state index is 5.86. The van der Waals surface area contributed by atoms with Crippen molar-refractivity contribution in [2.45, 2.75) is 33.8 Å². The molecule has 1 heterocycles. The average Bonchev–Trinajstić information content (AvgIpc) is 2.26. The maximum Gasteiger partial charge on any atom is 0.218 e. The van der Waals surface area contributed by atoms with Crippen LogP contribution in [0, 0.1) is 5.41 Å². The van der Waals surface area contributed by atoms with E-state index in [2.05, 4.69) is 29.1 Å². The fraction of sp³-hybridized carbons (Fsp3) is 0.667. The van der Waals surface area contributed by atoms with Crippen molar-refractivity contribution in [3.63, 3.8) is 0 Å². The molecule has 1 rings (SSSR count). The number of hydrogen-bond donors (Lipinski definition) is 1. The molecule has 0 saturated carbocycles. The average molecular weight is 258 g/mol. The molecule has 0 spiro atoms. The number of anilines is 1. The minimum absolute atomic E-state index is 0.0333. The normalized spacial score (nSPS) is 11.6. The van der Waals surface area contributed by atoms with Gasteiger partial charge in [0.05, 0.1) is 6.10 Å². The summed E-state index contributed by atoms with van der Waals surface area (Å²) in [6, 6.07) is 1.80. The molecule has 0 amide bonds. The molecule has 0 aromatic carbocycles. The molecule has 0 aliphatic rings. The Hall–Kier alpha value is -1.03. The Kier molecular flexibility index (Phi) is 5.00. The van der Waals surface area contributed by atoms with Gasteiger partial charge in [-0.25, -0.2) is 9.97 Å². The van der Waals surface area contributed by atoms with Gasteiger partial charge in [0.2, 0.25) is 5.88 Å². The number of rotatable bonds is 6. The molecule has 0 unspecified atom stereocenters. The molecule has 0 bridgehead atoms. The molecule has 1 aromatic rings. The highest BCUT2D eigenvalue weighted by atomic mass is 35.5. The van der Waals surface area contributed by atoms with Gasteiger partial charge in [-0.05, 0) is 19.3 Å².